The van der Waals surface area contributed by atoms with Crippen LogP contribution in [0.5, 0.6) is 0 Å². The normalized spacial score (nSPS) is 16.7. The van der Waals surface area contributed by atoms with Crippen molar-refractivity contribution < 1.29 is 0 Å². The average Bonchev–Trinajstić information content (AvgIpc) is 3.30. The number of aromatic nitrogens is 2. The fourth-order valence-electron chi connectivity index (χ4n) is 7.18. The van der Waals surface area contributed by atoms with Gasteiger partial charge in [0.2, 0.25) is 0 Å². The molecule has 5 aromatic rings. The first kappa shape index (κ1) is 25.9. The van der Waals surface area contributed by atoms with Crippen LogP contribution < -0.4 is 0 Å². The molecule has 0 atom stereocenters. The highest BCUT2D eigenvalue weighted by molar-refractivity contribution is 6.06. The SMILES string of the molecule is CC1(C)C2=C(CCC=C2)c2c1cc1ccccc1c2-c1ccc(-c2nc(C3=CCCC=C3)cc(-c3ccccc3)n2)cc1. The van der Waals surface area contributed by atoms with Crippen molar-refractivity contribution in [1.29, 1.82) is 0 Å². The van der Waals surface area contributed by atoms with Crippen molar-refractivity contribution in [1.82, 2.24) is 9.97 Å². The maximum atomic E-state index is 5.09. The molecule has 3 aliphatic carbocycles. The average molecular weight is 555 g/mol. The Labute approximate surface area is 253 Å². The van der Waals surface area contributed by atoms with Crippen LogP contribution in [0, 0.1) is 0 Å². The van der Waals surface area contributed by atoms with Gasteiger partial charge in [0, 0.05) is 16.5 Å². The fraction of sp³-hybridized carbons (Fsp3) is 0.171. The molecule has 0 N–H and O–H groups in total. The molecule has 2 nitrogen and oxygen atoms in total. The molecule has 4 aromatic carbocycles. The molecule has 0 saturated heterocycles. The Hall–Kier alpha value is -4.82. The fourth-order valence-corrected chi connectivity index (χ4v) is 7.18. The van der Waals surface area contributed by atoms with Crippen molar-refractivity contribution in [2.75, 3.05) is 0 Å². The second-order valence-electron chi connectivity index (χ2n) is 12.4. The van der Waals surface area contributed by atoms with Gasteiger partial charge in [-0.25, -0.2) is 9.97 Å². The smallest absolute Gasteiger partial charge is 0.160 e. The number of allylic oxidation sites excluding steroid dienone is 8. The van der Waals surface area contributed by atoms with E-state index >= 15 is 0 Å². The molecule has 0 amide bonds. The van der Waals surface area contributed by atoms with Crippen LogP contribution in [0.4, 0.5) is 0 Å². The van der Waals surface area contributed by atoms with E-state index in [1.807, 2.05) is 6.07 Å². The third kappa shape index (κ3) is 4.32. The Morgan fingerprint density at radius 3 is 2.19 bits per heavy atom. The van der Waals surface area contributed by atoms with Crippen LogP contribution in [0.2, 0.25) is 0 Å². The number of benzene rings is 4. The number of hydrogen-bond donors (Lipinski definition) is 0. The summed E-state index contributed by atoms with van der Waals surface area (Å²) in [5.41, 5.74) is 13.7. The molecule has 1 aromatic heterocycles. The third-order valence-corrected chi connectivity index (χ3v) is 9.39. The second kappa shape index (κ2) is 10.2. The molecule has 0 aliphatic heterocycles. The minimum atomic E-state index is -0.00925. The Bertz CT molecular complexity index is 2020. The van der Waals surface area contributed by atoms with Gasteiger partial charge in [-0.15, -0.1) is 0 Å². The first-order valence-electron chi connectivity index (χ1n) is 15.5. The summed E-state index contributed by atoms with van der Waals surface area (Å²) in [7, 11) is 0. The lowest BCUT2D eigenvalue weighted by Crippen LogP contribution is -2.16. The molecule has 208 valence electrons. The molecule has 0 unspecified atom stereocenters. The molecular weight excluding hydrogens is 520 g/mol. The van der Waals surface area contributed by atoms with Crippen molar-refractivity contribution in [2.24, 2.45) is 0 Å². The van der Waals surface area contributed by atoms with Crippen molar-refractivity contribution in [3.8, 4) is 33.8 Å². The molecule has 0 saturated carbocycles. The minimum absolute atomic E-state index is 0.00925. The van der Waals surface area contributed by atoms with Gasteiger partial charge < -0.3 is 0 Å². The van der Waals surface area contributed by atoms with Crippen molar-refractivity contribution in [3.05, 3.63) is 144 Å². The molecule has 0 fully saturated rings. The maximum absolute atomic E-state index is 5.09. The molecule has 0 radical (unpaired) electrons. The van der Waals surface area contributed by atoms with Gasteiger partial charge in [0.15, 0.2) is 5.82 Å². The number of rotatable bonds is 4. The quantitative estimate of drug-likeness (QED) is 0.221. The van der Waals surface area contributed by atoms with Gasteiger partial charge in [0.25, 0.3) is 0 Å². The van der Waals surface area contributed by atoms with E-state index < -0.39 is 0 Å². The Kier molecular flexibility index (Phi) is 6.11. The summed E-state index contributed by atoms with van der Waals surface area (Å²) in [5, 5.41) is 2.61. The highest BCUT2D eigenvalue weighted by atomic mass is 14.9. The van der Waals surface area contributed by atoms with Gasteiger partial charge in [-0.3, -0.25) is 0 Å². The first-order chi connectivity index (χ1) is 21.1. The van der Waals surface area contributed by atoms with Gasteiger partial charge in [-0.1, -0.05) is 123 Å². The molecule has 43 heavy (non-hydrogen) atoms. The summed E-state index contributed by atoms with van der Waals surface area (Å²) in [6.07, 6.45) is 15.8. The minimum Gasteiger partial charge on any atom is -0.228 e. The molecule has 2 heteroatoms. The monoisotopic (exact) mass is 554 g/mol. The van der Waals surface area contributed by atoms with Crippen molar-refractivity contribution in [2.45, 2.75) is 44.9 Å². The zero-order valence-electron chi connectivity index (χ0n) is 24.8. The number of fused-ring (bicyclic) bond motifs is 3. The van der Waals surface area contributed by atoms with Crippen LogP contribution in [0.3, 0.4) is 0 Å². The van der Waals surface area contributed by atoms with Crippen LogP contribution in [-0.2, 0) is 5.41 Å². The van der Waals surface area contributed by atoms with Crippen molar-refractivity contribution in [3.63, 3.8) is 0 Å². The summed E-state index contributed by atoms with van der Waals surface area (Å²) in [4.78, 5) is 10.2. The highest BCUT2D eigenvalue weighted by Crippen LogP contribution is 2.54. The molecule has 8 rings (SSSR count). The van der Waals surface area contributed by atoms with E-state index in [1.54, 1.807) is 0 Å². The van der Waals surface area contributed by atoms with Gasteiger partial charge in [-0.2, -0.15) is 0 Å². The van der Waals surface area contributed by atoms with E-state index in [0.717, 1.165) is 54.0 Å². The second-order valence-corrected chi connectivity index (χ2v) is 12.4. The summed E-state index contributed by atoms with van der Waals surface area (Å²) < 4.78 is 0. The van der Waals surface area contributed by atoms with Crippen LogP contribution in [-0.4, -0.2) is 9.97 Å². The standard InChI is InChI=1S/C41H34N2/c1-41(2)34-20-12-11-19-33(34)39-35(41)25-31-17-9-10-18-32(31)38(39)29-21-23-30(24-22-29)40-42-36(27-13-5-3-6-14-27)26-37(43-40)28-15-7-4-8-16-28/h3,5-7,9-10,12-18,20-26H,4,8,11,19H2,1-2H3. The van der Waals surface area contributed by atoms with Crippen LogP contribution in [0.25, 0.3) is 55.7 Å². The summed E-state index contributed by atoms with van der Waals surface area (Å²) in [6, 6.07) is 32.8. The van der Waals surface area contributed by atoms with Gasteiger partial charge >= 0.3 is 0 Å². The molecule has 1 heterocycles. The van der Waals surface area contributed by atoms with Crippen LogP contribution in [0.15, 0.2) is 127 Å². The van der Waals surface area contributed by atoms with Crippen molar-refractivity contribution >= 4 is 21.9 Å². The molecule has 0 bridgehead atoms. The lowest BCUT2D eigenvalue weighted by molar-refractivity contribution is 0.652. The molecule has 0 spiro atoms. The topological polar surface area (TPSA) is 25.8 Å². The molecule has 3 aliphatic rings. The Balaban J connectivity index is 1.29. The zero-order chi connectivity index (χ0) is 29.0. The van der Waals surface area contributed by atoms with Crippen LogP contribution in [0.1, 0.15) is 56.4 Å². The predicted octanol–water partition coefficient (Wildman–Crippen LogP) is 10.8. The van der Waals surface area contributed by atoms with Gasteiger partial charge in [0.1, 0.15) is 0 Å². The summed E-state index contributed by atoms with van der Waals surface area (Å²) in [5.74, 6) is 0.759. The largest absolute Gasteiger partial charge is 0.228 e. The lowest BCUT2D eigenvalue weighted by Gasteiger charge is -2.24. The lowest BCUT2D eigenvalue weighted by atomic mass is 9.79. The molecular formula is C41H34N2. The summed E-state index contributed by atoms with van der Waals surface area (Å²) >= 11 is 0. The number of hydrogen-bond acceptors (Lipinski definition) is 2. The van der Waals surface area contributed by atoms with E-state index in [1.165, 1.54) is 49.7 Å². The first-order valence-corrected chi connectivity index (χ1v) is 15.5. The van der Waals surface area contributed by atoms with E-state index in [0.29, 0.717) is 0 Å². The van der Waals surface area contributed by atoms with Gasteiger partial charge in [-0.05, 0) is 87.6 Å². The van der Waals surface area contributed by atoms with E-state index in [9.17, 15) is 0 Å². The third-order valence-electron chi connectivity index (χ3n) is 9.39. The zero-order valence-corrected chi connectivity index (χ0v) is 24.8. The van der Waals surface area contributed by atoms with E-state index in [4.69, 9.17) is 9.97 Å². The van der Waals surface area contributed by atoms with Gasteiger partial charge in [0.05, 0.1) is 11.4 Å². The predicted molar refractivity (Wildman–Crippen MR) is 181 cm³/mol. The summed E-state index contributed by atoms with van der Waals surface area (Å²) in [6.45, 7) is 4.77. The maximum Gasteiger partial charge on any atom is 0.160 e. The van der Waals surface area contributed by atoms with E-state index in [-0.39, 0.29) is 5.41 Å². The Morgan fingerprint density at radius 2 is 1.37 bits per heavy atom. The van der Waals surface area contributed by atoms with E-state index in [2.05, 4.69) is 129 Å². The van der Waals surface area contributed by atoms with Crippen LogP contribution >= 0.6 is 0 Å². The Morgan fingerprint density at radius 1 is 0.628 bits per heavy atom. The highest BCUT2D eigenvalue weighted by Gasteiger charge is 2.39. The number of nitrogens with zero attached hydrogens (tertiary/aromatic N) is 2.